The number of aromatic amines is 1. The Morgan fingerprint density at radius 2 is 1.69 bits per heavy atom. The van der Waals surface area contributed by atoms with E-state index in [1.165, 1.54) is 10.9 Å². The van der Waals surface area contributed by atoms with Gasteiger partial charge in [0.15, 0.2) is 0 Å². The lowest BCUT2D eigenvalue weighted by Gasteiger charge is -2.05. The zero-order chi connectivity index (χ0) is 20.0. The highest BCUT2D eigenvalue weighted by Gasteiger charge is 2.31. The number of carbonyl (C=O) groups is 2. The van der Waals surface area contributed by atoms with Crippen molar-refractivity contribution < 1.29 is 9.59 Å². The van der Waals surface area contributed by atoms with E-state index in [4.69, 9.17) is 5.73 Å². The van der Waals surface area contributed by atoms with Crippen molar-refractivity contribution in [1.29, 1.82) is 0 Å². The first-order valence-electron chi connectivity index (χ1n) is 9.62. The zero-order valence-electron chi connectivity index (χ0n) is 15.7. The number of hydrogen-bond acceptors (Lipinski definition) is 3. The van der Waals surface area contributed by atoms with Crippen LogP contribution in [0.25, 0.3) is 27.4 Å². The van der Waals surface area contributed by atoms with Gasteiger partial charge in [-0.15, -0.1) is 0 Å². The molecule has 0 bridgehead atoms. The number of imide groups is 1. The summed E-state index contributed by atoms with van der Waals surface area (Å²) in [5.41, 5.74) is 10.3. The third-order valence-electron chi connectivity index (χ3n) is 5.55. The molecule has 0 fully saturated rings. The number of amides is 2. The second-order valence-corrected chi connectivity index (χ2v) is 7.29. The van der Waals surface area contributed by atoms with Crippen LogP contribution >= 0.6 is 0 Å². The van der Waals surface area contributed by atoms with Crippen molar-refractivity contribution >= 4 is 39.2 Å². The average Bonchev–Trinajstić information content (AvgIpc) is 3.37. The van der Waals surface area contributed by atoms with Crippen LogP contribution in [-0.2, 0) is 22.6 Å². The van der Waals surface area contributed by atoms with E-state index in [1.807, 2.05) is 36.5 Å². The lowest BCUT2D eigenvalue weighted by atomic mass is 10.0. The molecule has 2 aromatic heterocycles. The number of carbonyl (C=O) groups excluding carboxylic acids is 2. The highest BCUT2D eigenvalue weighted by atomic mass is 16.2. The van der Waals surface area contributed by atoms with Crippen LogP contribution in [-0.4, -0.2) is 21.4 Å². The van der Waals surface area contributed by atoms with Crippen molar-refractivity contribution in [3.63, 3.8) is 0 Å². The highest BCUT2D eigenvalue weighted by molar-refractivity contribution is 6.37. The molecule has 0 radical (unpaired) electrons. The second kappa shape index (κ2) is 6.67. The molecular formula is C23H20N4O2. The first-order valence-corrected chi connectivity index (χ1v) is 9.62. The van der Waals surface area contributed by atoms with E-state index in [-0.39, 0.29) is 11.3 Å². The van der Waals surface area contributed by atoms with Crippen molar-refractivity contribution in [2.24, 2.45) is 5.73 Å². The van der Waals surface area contributed by atoms with Crippen LogP contribution in [0.5, 0.6) is 0 Å². The fourth-order valence-corrected chi connectivity index (χ4v) is 4.15. The van der Waals surface area contributed by atoms with Gasteiger partial charge in [-0.1, -0.05) is 36.4 Å². The minimum absolute atomic E-state index is 0.0169. The Morgan fingerprint density at radius 3 is 2.48 bits per heavy atom. The van der Waals surface area contributed by atoms with Crippen molar-refractivity contribution in [3.05, 3.63) is 77.7 Å². The lowest BCUT2D eigenvalue weighted by Crippen LogP contribution is -2.24. The average molecular weight is 384 g/mol. The molecule has 0 aliphatic carbocycles. The molecule has 1 aliphatic heterocycles. The number of nitrogens with zero attached hydrogens (tertiary/aromatic N) is 1. The van der Waals surface area contributed by atoms with Crippen LogP contribution in [0.3, 0.4) is 0 Å². The molecule has 0 atom stereocenters. The van der Waals surface area contributed by atoms with Gasteiger partial charge in [0.05, 0.1) is 5.57 Å². The van der Waals surface area contributed by atoms with Gasteiger partial charge in [0.2, 0.25) is 0 Å². The van der Waals surface area contributed by atoms with Crippen LogP contribution < -0.4 is 11.1 Å². The monoisotopic (exact) mass is 384 g/mol. The predicted octanol–water partition coefficient (Wildman–Crippen LogP) is 3.08. The van der Waals surface area contributed by atoms with E-state index in [9.17, 15) is 9.59 Å². The minimum atomic E-state index is -0.527. The van der Waals surface area contributed by atoms with Gasteiger partial charge >= 0.3 is 0 Å². The van der Waals surface area contributed by atoms with Crippen molar-refractivity contribution in [1.82, 2.24) is 14.9 Å². The fraction of sp³-hybridized carbons (Fsp3) is 0.130. The van der Waals surface area contributed by atoms with Gasteiger partial charge in [0.25, 0.3) is 11.8 Å². The van der Waals surface area contributed by atoms with Gasteiger partial charge in [-0.3, -0.25) is 14.9 Å². The van der Waals surface area contributed by atoms with E-state index >= 15 is 0 Å². The Hall–Kier alpha value is -3.80. The summed E-state index contributed by atoms with van der Waals surface area (Å²) in [5, 5.41) is 4.45. The predicted molar refractivity (Wildman–Crippen MR) is 113 cm³/mol. The summed E-state index contributed by atoms with van der Waals surface area (Å²) in [7, 11) is 0. The van der Waals surface area contributed by atoms with Gasteiger partial charge < -0.3 is 15.3 Å². The topological polar surface area (TPSA) is 92.9 Å². The number of nitrogens with two attached hydrogens (primary N) is 1. The quantitative estimate of drug-likeness (QED) is 0.462. The Kier molecular flexibility index (Phi) is 3.98. The van der Waals surface area contributed by atoms with Gasteiger partial charge in [0, 0.05) is 46.3 Å². The van der Waals surface area contributed by atoms with E-state index in [0.717, 1.165) is 35.8 Å². The molecule has 0 spiro atoms. The standard InChI is InChI=1S/C23H20N4O2/c24-21-20(22(28)26-23(21)29)17-13-27(19-10-4-2-8-16(17)19)11-5-6-14-12-25-18-9-3-1-7-15(14)18/h1-4,7-10,12-13,25H,5-6,11H2,(H3,24,26,28,29). The van der Waals surface area contributed by atoms with Crippen LogP contribution in [0.1, 0.15) is 17.5 Å². The largest absolute Gasteiger partial charge is 0.394 e. The SMILES string of the molecule is NC1=C(c2cn(CCCc3c[nH]c4ccccc34)c3ccccc23)C(=O)NC1=O. The van der Waals surface area contributed by atoms with E-state index in [0.29, 0.717) is 5.56 Å². The van der Waals surface area contributed by atoms with Crippen molar-refractivity contribution in [3.8, 4) is 0 Å². The number of rotatable bonds is 5. The van der Waals surface area contributed by atoms with Crippen LogP contribution in [0, 0.1) is 0 Å². The van der Waals surface area contributed by atoms with Gasteiger partial charge in [0.1, 0.15) is 5.70 Å². The third kappa shape index (κ3) is 2.81. The smallest absolute Gasteiger partial charge is 0.274 e. The van der Waals surface area contributed by atoms with Crippen LogP contribution in [0.4, 0.5) is 0 Å². The molecule has 2 amide bonds. The molecule has 144 valence electrons. The summed E-state index contributed by atoms with van der Waals surface area (Å²) in [4.78, 5) is 27.4. The van der Waals surface area contributed by atoms with E-state index in [2.05, 4.69) is 39.3 Å². The molecule has 4 aromatic rings. The summed E-state index contributed by atoms with van der Waals surface area (Å²) in [6.07, 6.45) is 5.89. The first kappa shape index (κ1) is 17.3. The Morgan fingerprint density at radius 1 is 0.931 bits per heavy atom. The first-order chi connectivity index (χ1) is 14.1. The maximum absolute atomic E-state index is 12.3. The Bertz CT molecular complexity index is 1310. The summed E-state index contributed by atoms with van der Waals surface area (Å²) in [6.45, 7) is 0.794. The number of para-hydroxylation sites is 2. The zero-order valence-corrected chi connectivity index (χ0v) is 15.7. The number of nitrogens with one attached hydrogen (secondary N) is 2. The molecule has 5 rings (SSSR count). The maximum Gasteiger partial charge on any atom is 0.274 e. The number of aromatic nitrogens is 2. The van der Waals surface area contributed by atoms with E-state index < -0.39 is 11.8 Å². The number of hydrogen-bond donors (Lipinski definition) is 3. The Balaban J connectivity index is 1.45. The molecular weight excluding hydrogens is 364 g/mol. The third-order valence-corrected chi connectivity index (χ3v) is 5.55. The van der Waals surface area contributed by atoms with Crippen molar-refractivity contribution in [2.75, 3.05) is 0 Å². The van der Waals surface area contributed by atoms with Gasteiger partial charge in [-0.2, -0.15) is 0 Å². The molecule has 2 aromatic carbocycles. The highest BCUT2D eigenvalue weighted by Crippen LogP contribution is 2.31. The lowest BCUT2D eigenvalue weighted by molar-refractivity contribution is -0.123. The second-order valence-electron chi connectivity index (χ2n) is 7.29. The summed E-state index contributed by atoms with van der Waals surface area (Å²) in [5.74, 6) is -0.963. The Labute approximate surface area is 167 Å². The summed E-state index contributed by atoms with van der Waals surface area (Å²) < 4.78 is 2.13. The van der Waals surface area contributed by atoms with Crippen LogP contribution in [0.15, 0.2) is 66.6 Å². The fourth-order valence-electron chi connectivity index (χ4n) is 4.15. The number of H-pyrrole nitrogens is 1. The van der Waals surface area contributed by atoms with Crippen LogP contribution in [0.2, 0.25) is 0 Å². The maximum atomic E-state index is 12.3. The molecule has 4 N–H and O–H groups in total. The van der Waals surface area contributed by atoms with Gasteiger partial charge in [-0.05, 0) is 30.5 Å². The number of benzene rings is 2. The molecule has 6 heteroatoms. The summed E-state index contributed by atoms with van der Waals surface area (Å²) in [6, 6.07) is 16.2. The molecule has 3 heterocycles. The molecule has 29 heavy (non-hydrogen) atoms. The number of fused-ring (bicyclic) bond motifs is 2. The molecule has 0 saturated heterocycles. The molecule has 6 nitrogen and oxygen atoms in total. The number of aryl methyl sites for hydroxylation is 2. The summed E-state index contributed by atoms with van der Waals surface area (Å²) >= 11 is 0. The van der Waals surface area contributed by atoms with Gasteiger partial charge in [-0.25, -0.2) is 0 Å². The minimum Gasteiger partial charge on any atom is -0.394 e. The molecule has 0 unspecified atom stereocenters. The molecule has 1 aliphatic rings. The van der Waals surface area contributed by atoms with Crippen molar-refractivity contribution in [2.45, 2.75) is 19.4 Å². The normalized spacial score (nSPS) is 14.3. The van der Waals surface area contributed by atoms with E-state index in [1.54, 1.807) is 0 Å². The molecule has 0 saturated carbocycles.